The van der Waals surface area contributed by atoms with Gasteiger partial charge in [0.2, 0.25) is 17.7 Å². The molecule has 6 rings (SSSR count). The Balaban J connectivity index is 1.18. The average molecular weight is 506 g/mol. The highest BCUT2D eigenvalue weighted by molar-refractivity contribution is 6.05. The van der Waals surface area contributed by atoms with Crippen molar-refractivity contribution in [1.82, 2.24) is 20.3 Å². The highest BCUT2D eigenvalue weighted by Gasteiger charge is 2.42. The maximum Gasteiger partial charge on any atom is 0.273 e. The predicted octanol–water partition coefficient (Wildman–Crippen LogP) is 4.16. The summed E-state index contributed by atoms with van der Waals surface area (Å²) in [5.74, 6) is 0.707. The van der Waals surface area contributed by atoms with Gasteiger partial charge in [-0.1, -0.05) is 18.9 Å². The molecule has 1 saturated heterocycles. The average Bonchev–Trinajstić information content (AvgIpc) is 3.47. The van der Waals surface area contributed by atoms with Crippen LogP contribution in [0, 0.1) is 5.92 Å². The Hall–Kier alpha value is -3.20. The molecule has 2 aromatic rings. The van der Waals surface area contributed by atoms with E-state index in [2.05, 4.69) is 15.6 Å². The van der Waals surface area contributed by atoms with E-state index in [0.29, 0.717) is 43.3 Å². The van der Waals surface area contributed by atoms with Gasteiger partial charge in [-0.2, -0.15) is 5.01 Å². The summed E-state index contributed by atoms with van der Waals surface area (Å²) in [5, 5.41) is 9.94. The second-order valence-electron chi connectivity index (χ2n) is 11.1. The highest BCUT2D eigenvalue weighted by atomic mass is 16.3. The molecule has 2 N–H and O–H groups in total. The Morgan fingerprint density at radius 1 is 1.05 bits per heavy atom. The number of amides is 3. The van der Waals surface area contributed by atoms with Crippen LogP contribution in [-0.4, -0.2) is 44.3 Å². The van der Waals surface area contributed by atoms with Gasteiger partial charge < -0.3 is 15.1 Å². The molecule has 196 valence electrons. The van der Waals surface area contributed by atoms with Crippen molar-refractivity contribution in [3.63, 3.8) is 0 Å². The Kier molecular flexibility index (Phi) is 6.48. The number of rotatable bonds is 9. The van der Waals surface area contributed by atoms with Gasteiger partial charge in [-0.25, -0.2) is 9.99 Å². The number of fused-ring (bicyclic) bond motifs is 1. The van der Waals surface area contributed by atoms with Crippen molar-refractivity contribution >= 4 is 23.4 Å². The van der Waals surface area contributed by atoms with E-state index in [1.165, 1.54) is 24.3 Å². The number of nitrogens with zero attached hydrogens (tertiary/aromatic N) is 3. The number of hydrazine groups is 1. The normalized spacial score (nSPS) is 26.1. The van der Waals surface area contributed by atoms with Gasteiger partial charge in [0.25, 0.3) is 5.91 Å². The number of carbonyl (C=O) groups is 3. The molecule has 2 saturated carbocycles. The molecule has 0 spiro atoms. The molecule has 37 heavy (non-hydrogen) atoms. The highest BCUT2D eigenvalue weighted by Crippen LogP contribution is 2.43. The number of oxazole rings is 1. The predicted molar refractivity (Wildman–Crippen MR) is 136 cm³/mol. The lowest BCUT2D eigenvalue weighted by atomic mass is 9.75. The van der Waals surface area contributed by atoms with Gasteiger partial charge in [0.15, 0.2) is 0 Å². The monoisotopic (exact) mass is 505 g/mol. The fraction of sp³-hybridized carbons (Fsp3) is 0.571. The Morgan fingerprint density at radius 3 is 2.54 bits per heavy atom. The van der Waals surface area contributed by atoms with E-state index in [9.17, 15) is 14.4 Å². The maximum atomic E-state index is 13.3. The van der Waals surface area contributed by atoms with E-state index in [1.807, 2.05) is 18.2 Å². The van der Waals surface area contributed by atoms with Crippen LogP contribution in [0.4, 0.5) is 5.69 Å². The summed E-state index contributed by atoms with van der Waals surface area (Å²) in [6.07, 6.45) is 13.6. The second kappa shape index (κ2) is 9.93. The quantitative estimate of drug-likeness (QED) is 0.493. The zero-order valence-corrected chi connectivity index (χ0v) is 21.2. The number of nitrogens with one attached hydrogen (secondary N) is 2. The van der Waals surface area contributed by atoms with Crippen LogP contribution in [0.15, 0.2) is 35.1 Å². The van der Waals surface area contributed by atoms with Gasteiger partial charge in [0, 0.05) is 41.2 Å². The first-order valence-electron chi connectivity index (χ1n) is 13.7. The Bertz CT molecular complexity index is 1150. The van der Waals surface area contributed by atoms with Crippen LogP contribution in [0.5, 0.6) is 0 Å². The number of aromatic nitrogens is 1. The molecule has 0 radical (unpaired) electrons. The van der Waals surface area contributed by atoms with Gasteiger partial charge in [0.1, 0.15) is 6.26 Å². The third kappa shape index (κ3) is 5.01. The van der Waals surface area contributed by atoms with Crippen LogP contribution in [0.2, 0.25) is 0 Å². The lowest BCUT2D eigenvalue weighted by Crippen LogP contribution is -2.52. The minimum atomic E-state index is -0.289. The summed E-state index contributed by atoms with van der Waals surface area (Å²) in [7, 11) is 0. The standard InChI is InChI=1S/C28H35N5O4/c34-25-5-2-6-26(35)33(25)32-18-22-21(27(32)36)3-1-4-23(22)31-28(12-9-19-7-8-19)13-10-20(11-14-28)30-17-24-29-15-16-37-24/h1,3-4,15-16,19-20,30-31H,2,5-14,17-18H2. The van der Waals surface area contributed by atoms with Crippen molar-refractivity contribution < 1.29 is 18.8 Å². The maximum absolute atomic E-state index is 13.3. The first-order chi connectivity index (χ1) is 18.0. The minimum absolute atomic E-state index is 0.0357. The molecule has 2 aliphatic heterocycles. The van der Waals surface area contributed by atoms with Crippen LogP contribution in [-0.2, 0) is 22.7 Å². The van der Waals surface area contributed by atoms with Crippen molar-refractivity contribution in [3.05, 3.63) is 47.7 Å². The number of anilines is 1. The molecule has 9 heteroatoms. The van der Waals surface area contributed by atoms with Gasteiger partial charge in [-0.15, -0.1) is 0 Å². The smallest absolute Gasteiger partial charge is 0.273 e. The molecule has 3 heterocycles. The third-order valence-electron chi connectivity index (χ3n) is 8.54. The summed E-state index contributed by atoms with van der Waals surface area (Å²) in [5.41, 5.74) is 2.38. The van der Waals surface area contributed by atoms with Crippen LogP contribution >= 0.6 is 0 Å². The van der Waals surface area contributed by atoms with Crippen molar-refractivity contribution in [2.24, 2.45) is 5.92 Å². The molecule has 1 aromatic heterocycles. The molecule has 0 unspecified atom stereocenters. The van der Waals surface area contributed by atoms with Crippen molar-refractivity contribution in [1.29, 1.82) is 0 Å². The molecule has 9 nitrogen and oxygen atoms in total. The number of imide groups is 1. The van der Waals surface area contributed by atoms with E-state index < -0.39 is 0 Å². The van der Waals surface area contributed by atoms with Gasteiger partial charge in [0.05, 0.1) is 19.3 Å². The Morgan fingerprint density at radius 2 is 1.84 bits per heavy atom. The van der Waals surface area contributed by atoms with Crippen molar-refractivity contribution in [2.75, 3.05) is 5.32 Å². The molecular formula is C28H35N5O4. The van der Waals surface area contributed by atoms with Crippen LogP contribution in [0.1, 0.15) is 92.4 Å². The molecule has 0 atom stereocenters. The molecule has 2 aliphatic carbocycles. The molecule has 3 fully saturated rings. The van der Waals surface area contributed by atoms with Crippen LogP contribution in [0.25, 0.3) is 0 Å². The third-order valence-corrected chi connectivity index (χ3v) is 8.54. The lowest BCUT2D eigenvalue weighted by molar-refractivity contribution is -0.163. The molecule has 1 aromatic carbocycles. The number of hydrogen-bond acceptors (Lipinski definition) is 7. The largest absolute Gasteiger partial charge is 0.448 e. The summed E-state index contributed by atoms with van der Waals surface area (Å²) in [4.78, 5) is 42.6. The molecular weight excluding hydrogens is 470 g/mol. The van der Waals surface area contributed by atoms with E-state index in [-0.39, 0.29) is 29.8 Å². The molecule has 4 aliphatic rings. The zero-order valence-electron chi connectivity index (χ0n) is 21.2. The Labute approximate surface area is 216 Å². The molecule has 0 bridgehead atoms. The summed E-state index contributed by atoms with van der Waals surface area (Å²) in [6, 6.07) is 6.17. The van der Waals surface area contributed by atoms with E-state index in [0.717, 1.165) is 54.3 Å². The van der Waals surface area contributed by atoms with Gasteiger partial charge in [-0.05, 0) is 63.0 Å². The zero-order chi connectivity index (χ0) is 25.4. The fourth-order valence-electron chi connectivity index (χ4n) is 6.16. The van der Waals surface area contributed by atoms with E-state index >= 15 is 0 Å². The second-order valence-corrected chi connectivity index (χ2v) is 11.1. The fourth-order valence-corrected chi connectivity index (χ4v) is 6.16. The van der Waals surface area contributed by atoms with Crippen LogP contribution in [0.3, 0.4) is 0 Å². The topological polar surface area (TPSA) is 108 Å². The molecule has 3 amide bonds. The SMILES string of the molecule is O=C1c2cccc(NC3(CCC4CC4)CCC(NCc4ncco4)CC3)c2CN1N1C(=O)CCCC1=O. The number of carbonyl (C=O) groups excluding carboxylic acids is 3. The summed E-state index contributed by atoms with van der Waals surface area (Å²) in [6.45, 7) is 0.881. The van der Waals surface area contributed by atoms with E-state index in [4.69, 9.17) is 4.42 Å². The van der Waals surface area contributed by atoms with Gasteiger partial charge >= 0.3 is 0 Å². The first kappa shape index (κ1) is 24.2. The van der Waals surface area contributed by atoms with E-state index in [1.54, 1.807) is 12.5 Å². The number of benzene rings is 1. The lowest BCUT2D eigenvalue weighted by Gasteiger charge is -2.42. The first-order valence-corrected chi connectivity index (χ1v) is 13.7. The number of hydrogen-bond donors (Lipinski definition) is 2. The minimum Gasteiger partial charge on any atom is -0.448 e. The summed E-state index contributed by atoms with van der Waals surface area (Å²) >= 11 is 0. The summed E-state index contributed by atoms with van der Waals surface area (Å²) < 4.78 is 5.37. The van der Waals surface area contributed by atoms with Crippen LogP contribution < -0.4 is 10.6 Å². The number of piperidine rings is 1. The van der Waals surface area contributed by atoms with Crippen molar-refractivity contribution in [2.45, 2.75) is 95.3 Å². The van der Waals surface area contributed by atoms with Gasteiger partial charge in [-0.3, -0.25) is 14.4 Å². The van der Waals surface area contributed by atoms with Crippen molar-refractivity contribution in [3.8, 4) is 0 Å².